The van der Waals surface area contributed by atoms with Crippen molar-refractivity contribution in [3.05, 3.63) is 29.3 Å². The molecule has 1 aromatic carbocycles. The van der Waals surface area contributed by atoms with E-state index in [0.717, 1.165) is 28.3 Å². The normalized spacial score (nSPS) is 11.9. The maximum atomic E-state index is 9.04. The summed E-state index contributed by atoms with van der Waals surface area (Å²) < 4.78 is 0. The van der Waals surface area contributed by atoms with Gasteiger partial charge in [0.25, 0.3) is 0 Å². The van der Waals surface area contributed by atoms with E-state index >= 15 is 0 Å². The SMILES string of the molecule is CCSCC(C)Nc1ccc(C)cc1C#N. The van der Waals surface area contributed by atoms with Gasteiger partial charge in [0, 0.05) is 11.8 Å². The predicted molar refractivity (Wildman–Crippen MR) is 72.0 cm³/mol. The molecule has 1 rings (SSSR count). The molecule has 0 amide bonds. The molecule has 0 aliphatic heterocycles. The van der Waals surface area contributed by atoms with Gasteiger partial charge in [-0.2, -0.15) is 17.0 Å². The summed E-state index contributed by atoms with van der Waals surface area (Å²) in [5.41, 5.74) is 2.79. The molecule has 1 aromatic rings. The Bertz CT molecular complexity index is 382. The molecule has 16 heavy (non-hydrogen) atoms. The molecule has 3 heteroatoms. The minimum atomic E-state index is 0.389. The van der Waals surface area contributed by atoms with Crippen molar-refractivity contribution in [1.29, 1.82) is 5.26 Å². The number of aryl methyl sites for hydroxylation is 1. The summed E-state index contributed by atoms with van der Waals surface area (Å²) in [6, 6.07) is 8.55. The largest absolute Gasteiger partial charge is 0.381 e. The number of hydrogen-bond donors (Lipinski definition) is 1. The van der Waals surface area contributed by atoms with Crippen molar-refractivity contribution in [3.8, 4) is 6.07 Å². The molecule has 0 radical (unpaired) electrons. The quantitative estimate of drug-likeness (QED) is 0.848. The van der Waals surface area contributed by atoms with Gasteiger partial charge in [0.05, 0.1) is 11.3 Å². The molecule has 2 nitrogen and oxygen atoms in total. The van der Waals surface area contributed by atoms with E-state index in [0.29, 0.717) is 6.04 Å². The molecule has 1 N–H and O–H groups in total. The summed E-state index contributed by atoms with van der Waals surface area (Å²) >= 11 is 1.91. The first-order valence-electron chi connectivity index (χ1n) is 5.52. The van der Waals surface area contributed by atoms with Crippen LogP contribution in [0, 0.1) is 18.3 Å². The number of thioether (sulfide) groups is 1. The van der Waals surface area contributed by atoms with Crippen LogP contribution >= 0.6 is 11.8 Å². The average molecular weight is 234 g/mol. The van der Waals surface area contributed by atoms with E-state index in [4.69, 9.17) is 5.26 Å². The van der Waals surface area contributed by atoms with Crippen molar-refractivity contribution in [2.75, 3.05) is 16.8 Å². The third kappa shape index (κ3) is 3.79. The number of benzene rings is 1. The van der Waals surface area contributed by atoms with E-state index in [9.17, 15) is 0 Å². The van der Waals surface area contributed by atoms with Gasteiger partial charge in [-0.05, 0) is 37.3 Å². The summed E-state index contributed by atoms with van der Waals surface area (Å²) in [6.07, 6.45) is 0. The molecule has 0 spiro atoms. The summed E-state index contributed by atoms with van der Waals surface area (Å²) in [4.78, 5) is 0. The molecule has 0 aliphatic rings. The molecule has 0 saturated carbocycles. The first-order valence-corrected chi connectivity index (χ1v) is 6.68. The summed E-state index contributed by atoms with van der Waals surface area (Å²) in [7, 11) is 0. The summed E-state index contributed by atoms with van der Waals surface area (Å²) in [5.74, 6) is 2.19. The predicted octanol–water partition coefficient (Wildman–Crippen LogP) is 3.42. The third-order valence-electron chi connectivity index (χ3n) is 2.27. The van der Waals surface area contributed by atoms with Crippen LogP contribution in [-0.4, -0.2) is 17.5 Å². The van der Waals surface area contributed by atoms with E-state index in [1.165, 1.54) is 0 Å². The van der Waals surface area contributed by atoms with Gasteiger partial charge in [-0.3, -0.25) is 0 Å². The lowest BCUT2D eigenvalue weighted by atomic mass is 10.1. The highest BCUT2D eigenvalue weighted by atomic mass is 32.2. The third-order valence-corrected chi connectivity index (χ3v) is 3.41. The van der Waals surface area contributed by atoms with E-state index in [1.807, 2.05) is 36.9 Å². The minimum absolute atomic E-state index is 0.389. The van der Waals surface area contributed by atoms with Gasteiger partial charge in [-0.1, -0.05) is 13.0 Å². The molecule has 0 bridgehead atoms. The Morgan fingerprint density at radius 3 is 2.88 bits per heavy atom. The van der Waals surface area contributed by atoms with Crippen molar-refractivity contribution >= 4 is 17.4 Å². The molecule has 1 unspecified atom stereocenters. The Kier molecular flexibility index (Phi) is 5.21. The lowest BCUT2D eigenvalue weighted by molar-refractivity contribution is 0.912. The Hall–Kier alpha value is -1.14. The van der Waals surface area contributed by atoms with Crippen LogP contribution < -0.4 is 5.32 Å². The zero-order chi connectivity index (χ0) is 12.0. The molecule has 0 heterocycles. The minimum Gasteiger partial charge on any atom is -0.381 e. The van der Waals surface area contributed by atoms with Crippen molar-refractivity contribution in [2.24, 2.45) is 0 Å². The Morgan fingerprint density at radius 2 is 2.25 bits per heavy atom. The van der Waals surface area contributed by atoms with Gasteiger partial charge >= 0.3 is 0 Å². The fourth-order valence-electron chi connectivity index (χ4n) is 1.48. The van der Waals surface area contributed by atoms with Crippen molar-refractivity contribution in [2.45, 2.75) is 26.8 Å². The Morgan fingerprint density at radius 1 is 1.50 bits per heavy atom. The zero-order valence-corrected chi connectivity index (χ0v) is 10.9. The molecular weight excluding hydrogens is 216 g/mol. The molecule has 86 valence electrons. The van der Waals surface area contributed by atoms with Gasteiger partial charge in [0.1, 0.15) is 6.07 Å². The molecule has 0 saturated heterocycles. The molecule has 0 fully saturated rings. The van der Waals surface area contributed by atoms with Crippen LogP contribution in [0.25, 0.3) is 0 Å². The molecular formula is C13H18N2S. The second-order valence-electron chi connectivity index (χ2n) is 3.87. The maximum Gasteiger partial charge on any atom is 0.101 e. The topological polar surface area (TPSA) is 35.8 Å². The van der Waals surface area contributed by atoms with E-state index in [1.54, 1.807) is 0 Å². The average Bonchev–Trinajstić information content (AvgIpc) is 2.28. The van der Waals surface area contributed by atoms with Crippen molar-refractivity contribution in [3.63, 3.8) is 0 Å². The van der Waals surface area contributed by atoms with Gasteiger partial charge in [-0.15, -0.1) is 0 Å². The number of nitrogens with zero attached hydrogens (tertiary/aromatic N) is 1. The van der Waals surface area contributed by atoms with Crippen LogP contribution in [0.3, 0.4) is 0 Å². The highest BCUT2D eigenvalue weighted by Crippen LogP contribution is 2.18. The van der Waals surface area contributed by atoms with E-state index in [-0.39, 0.29) is 0 Å². The van der Waals surface area contributed by atoms with Gasteiger partial charge in [0.15, 0.2) is 0 Å². The van der Waals surface area contributed by atoms with Gasteiger partial charge < -0.3 is 5.32 Å². The van der Waals surface area contributed by atoms with Crippen LogP contribution in [0.2, 0.25) is 0 Å². The smallest absolute Gasteiger partial charge is 0.101 e. The Balaban J connectivity index is 2.70. The van der Waals surface area contributed by atoms with Crippen molar-refractivity contribution in [1.82, 2.24) is 0 Å². The standard InChI is InChI=1S/C13H18N2S/c1-4-16-9-11(3)15-13-6-5-10(2)7-12(13)8-14/h5-7,11,15H,4,9H2,1-3H3. The van der Waals surface area contributed by atoms with Gasteiger partial charge in [0.2, 0.25) is 0 Å². The lowest BCUT2D eigenvalue weighted by Crippen LogP contribution is -2.18. The summed E-state index contributed by atoms with van der Waals surface area (Å²) in [6.45, 7) is 6.30. The lowest BCUT2D eigenvalue weighted by Gasteiger charge is -2.15. The first kappa shape index (κ1) is 12.9. The van der Waals surface area contributed by atoms with E-state index in [2.05, 4.69) is 25.2 Å². The second-order valence-corrected chi connectivity index (χ2v) is 5.18. The van der Waals surface area contributed by atoms with Crippen molar-refractivity contribution < 1.29 is 0 Å². The highest BCUT2D eigenvalue weighted by molar-refractivity contribution is 7.99. The van der Waals surface area contributed by atoms with Crippen LogP contribution in [0.1, 0.15) is 25.0 Å². The number of hydrogen-bond acceptors (Lipinski definition) is 3. The highest BCUT2D eigenvalue weighted by Gasteiger charge is 2.06. The molecule has 1 atom stereocenters. The number of anilines is 1. The van der Waals surface area contributed by atoms with E-state index < -0.39 is 0 Å². The fraction of sp³-hybridized carbons (Fsp3) is 0.462. The fourth-order valence-corrected chi connectivity index (χ4v) is 2.15. The monoisotopic (exact) mass is 234 g/mol. The maximum absolute atomic E-state index is 9.04. The molecule has 0 aromatic heterocycles. The van der Waals surface area contributed by atoms with Crippen LogP contribution in [0.5, 0.6) is 0 Å². The van der Waals surface area contributed by atoms with Gasteiger partial charge in [-0.25, -0.2) is 0 Å². The summed E-state index contributed by atoms with van der Waals surface area (Å²) in [5, 5.41) is 12.4. The number of rotatable bonds is 5. The second kappa shape index (κ2) is 6.44. The van der Waals surface area contributed by atoms with Crippen LogP contribution in [-0.2, 0) is 0 Å². The first-order chi connectivity index (χ1) is 7.67. The number of nitrogens with one attached hydrogen (secondary N) is 1. The van der Waals surface area contributed by atoms with Crippen LogP contribution in [0.4, 0.5) is 5.69 Å². The zero-order valence-electron chi connectivity index (χ0n) is 10.1. The Labute approximate surface area is 102 Å². The molecule has 0 aliphatic carbocycles. The van der Waals surface area contributed by atoms with Crippen LogP contribution in [0.15, 0.2) is 18.2 Å². The number of nitriles is 1.